The molecule has 0 bridgehead atoms. The zero-order valence-electron chi connectivity index (χ0n) is 16.2. The van der Waals surface area contributed by atoms with Crippen LogP contribution in [0.4, 0.5) is 5.69 Å². The maximum Gasteiger partial charge on any atom is 0.262 e. The second-order valence-electron chi connectivity index (χ2n) is 6.50. The van der Waals surface area contributed by atoms with E-state index in [0.717, 1.165) is 11.1 Å². The number of nitrogens with one attached hydrogen (secondary N) is 2. The molecule has 2 N–H and O–H groups in total. The zero-order valence-corrected chi connectivity index (χ0v) is 17.0. The van der Waals surface area contributed by atoms with Gasteiger partial charge in [-0.15, -0.1) is 0 Å². The summed E-state index contributed by atoms with van der Waals surface area (Å²) in [7, 11) is -2.42. The molecule has 0 aliphatic carbocycles. The van der Waals surface area contributed by atoms with Crippen LogP contribution in [0, 0.1) is 6.92 Å². The maximum absolute atomic E-state index is 12.8. The Labute approximate surface area is 170 Å². The fraction of sp³-hybridized carbons (Fsp3) is 0.136. The summed E-state index contributed by atoms with van der Waals surface area (Å²) in [6, 6.07) is 20.4. The second-order valence-corrected chi connectivity index (χ2v) is 8.18. The highest BCUT2D eigenvalue weighted by Gasteiger charge is 2.18. The summed E-state index contributed by atoms with van der Waals surface area (Å²) in [4.78, 5) is 12.5. The molecule has 0 spiro atoms. The Morgan fingerprint density at radius 3 is 2.41 bits per heavy atom. The third-order valence-electron chi connectivity index (χ3n) is 4.33. The number of anilines is 1. The molecule has 0 fully saturated rings. The van der Waals surface area contributed by atoms with Crippen molar-refractivity contribution in [1.29, 1.82) is 0 Å². The van der Waals surface area contributed by atoms with E-state index >= 15 is 0 Å². The lowest BCUT2D eigenvalue weighted by Gasteiger charge is -2.12. The number of para-hydroxylation sites is 2. The number of amides is 1. The predicted molar refractivity (Wildman–Crippen MR) is 113 cm³/mol. The van der Waals surface area contributed by atoms with Crippen molar-refractivity contribution in [3.63, 3.8) is 0 Å². The minimum Gasteiger partial charge on any atom is -0.495 e. The third-order valence-corrected chi connectivity index (χ3v) is 5.69. The molecule has 0 saturated carbocycles. The summed E-state index contributed by atoms with van der Waals surface area (Å²) in [5.41, 5.74) is 2.69. The van der Waals surface area contributed by atoms with Crippen LogP contribution >= 0.6 is 0 Å². The van der Waals surface area contributed by atoms with Gasteiger partial charge in [-0.2, -0.15) is 0 Å². The van der Waals surface area contributed by atoms with Crippen molar-refractivity contribution in [3.8, 4) is 5.75 Å². The highest BCUT2D eigenvalue weighted by atomic mass is 32.2. The Morgan fingerprint density at radius 1 is 0.966 bits per heavy atom. The number of ether oxygens (including phenoxy) is 1. The number of carbonyl (C=O) groups excluding carboxylic acids is 1. The minimum atomic E-state index is -3.88. The number of hydrogen-bond acceptors (Lipinski definition) is 4. The number of hydrogen-bond donors (Lipinski definition) is 2. The Balaban J connectivity index is 1.75. The number of aryl methyl sites for hydroxylation is 1. The molecule has 0 atom stereocenters. The van der Waals surface area contributed by atoms with Gasteiger partial charge in [0, 0.05) is 12.1 Å². The number of rotatable bonds is 7. The average Bonchev–Trinajstić information content (AvgIpc) is 2.73. The van der Waals surface area contributed by atoms with Crippen LogP contribution in [0.3, 0.4) is 0 Å². The summed E-state index contributed by atoms with van der Waals surface area (Å²) in [5, 5.41) is 2.81. The molecule has 1 amide bonds. The normalized spacial score (nSPS) is 11.0. The molecule has 0 aromatic heterocycles. The van der Waals surface area contributed by atoms with E-state index in [-0.39, 0.29) is 16.4 Å². The molecule has 0 heterocycles. The van der Waals surface area contributed by atoms with E-state index in [9.17, 15) is 13.2 Å². The first kappa shape index (κ1) is 20.4. The summed E-state index contributed by atoms with van der Waals surface area (Å²) in [6.45, 7) is 2.35. The van der Waals surface area contributed by atoms with Gasteiger partial charge in [0.15, 0.2) is 0 Å². The van der Waals surface area contributed by atoms with Gasteiger partial charge >= 0.3 is 0 Å². The van der Waals surface area contributed by atoms with Crippen molar-refractivity contribution in [2.24, 2.45) is 0 Å². The van der Waals surface area contributed by atoms with Crippen LogP contribution < -0.4 is 14.8 Å². The van der Waals surface area contributed by atoms with Crippen molar-refractivity contribution < 1.29 is 17.9 Å². The molecule has 150 valence electrons. The van der Waals surface area contributed by atoms with Crippen LogP contribution in [0.5, 0.6) is 5.75 Å². The zero-order chi connectivity index (χ0) is 20.9. The lowest BCUT2D eigenvalue weighted by atomic mass is 10.1. The smallest absolute Gasteiger partial charge is 0.262 e. The molecule has 7 heteroatoms. The monoisotopic (exact) mass is 410 g/mol. The molecule has 0 aliphatic heterocycles. The molecule has 0 radical (unpaired) electrons. The lowest BCUT2D eigenvalue weighted by molar-refractivity contribution is 0.0950. The predicted octanol–water partition coefficient (Wildman–Crippen LogP) is 3.73. The van der Waals surface area contributed by atoms with E-state index in [1.165, 1.54) is 25.3 Å². The first-order valence-corrected chi connectivity index (χ1v) is 10.5. The Morgan fingerprint density at radius 2 is 1.69 bits per heavy atom. The van der Waals surface area contributed by atoms with E-state index < -0.39 is 10.0 Å². The van der Waals surface area contributed by atoms with Gasteiger partial charge in [-0.3, -0.25) is 9.52 Å². The van der Waals surface area contributed by atoms with E-state index in [0.29, 0.717) is 18.0 Å². The molecular formula is C22H22N2O4S. The second kappa shape index (κ2) is 8.79. The average molecular weight is 410 g/mol. The van der Waals surface area contributed by atoms with Crippen molar-refractivity contribution in [3.05, 3.63) is 89.5 Å². The van der Waals surface area contributed by atoms with Crippen molar-refractivity contribution in [1.82, 2.24) is 5.32 Å². The summed E-state index contributed by atoms with van der Waals surface area (Å²) < 4.78 is 33.2. The number of methoxy groups -OCH3 is 1. The highest BCUT2D eigenvalue weighted by molar-refractivity contribution is 7.92. The quantitative estimate of drug-likeness (QED) is 0.622. The minimum absolute atomic E-state index is 0.00797. The van der Waals surface area contributed by atoms with Crippen LogP contribution in [-0.2, 0) is 16.6 Å². The summed E-state index contributed by atoms with van der Waals surface area (Å²) in [6.07, 6.45) is 0. The molecule has 3 aromatic carbocycles. The SMILES string of the molecule is COc1ccccc1NS(=O)(=O)c1cccc(C(=O)NCc2ccc(C)cc2)c1. The Kier molecular flexibility index (Phi) is 6.19. The third kappa shape index (κ3) is 5.14. The summed E-state index contributed by atoms with van der Waals surface area (Å²) in [5.74, 6) is 0.0583. The Hall–Kier alpha value is -3.32. The maximum atomic E-state index is 12.8. The van der Waals surface area contributed by atoms with Crippen LogP contribution in [0.1, 0.15) is 21.5 Å². The number of sulfonamides is 1. The standard InChI is InChI=1S/C22H22N2O4S/c1-16-10-12-17(13-11-16)15-23-22(25)18-6-5-7-19(14-18)29(26,27)24-20-8-3-4-9-21(20)28-2/h3-14,24H,15H2,1-2H3,(H,23,25). The van der Waals surface area contributed by atoms with Gasteiger partial charge in [0.1, 0.15) is 5.75 Å². The van der Waals surface area contributed by atoms with Crippen LogP contribution in [0.2, 0.25) is 0 Å². The molecule has 3 aromatic rings. The van der Waals surface area contributed by atoms with E-state index in [1.54, 1.807) is 30.3 Å². The summed E-state index contributed by atoms with van der Waals surface area (Å²) >= 11 is 0. The largest absolute Gasteiger partial charge is 0.495 e. The van der Waals surface area contributed by atoms with Gasteiger partial charge in [0.2, 0.25) is 0 Å². The van der Waals surface area contributed by atoms with E-state index in [1.807, 2.05) is 31.2 Å². The van der Waals surface area contributed by atoms with Gasteiger partial charge in [-0.1, -0.05) is 48.0 Å². The van der Waals surface area contributed by atoms with Crippen molar-refractivity contribution >= 4 is 21.6 Å². The van der Waals surface area contributed by atoms with Crippen molar-refractivity contribution in [2.45, 2.75) is 18.4 Å². The molecule has 0 saturated heterocycles. The molecule has 0 unspecified atom stereocenters. The van der Waals surface area contributed by atoms with Crippen LogP contribution in [0.15, 0.2) is 77.7 Å². The fourth-order valence-electron chi connectivity index (χ4n) is 2.73. The molecule has 29 heavy (non-hydrogen) atoms. The fourth-order valence-corrected chi connectivity index (χ4v) is 3.84. The van der Waals surface area contributed by atoms with Gasteiger partial charge < -0.3 is 10.1 Å². The van der Waals surface area contributed by atoms with Gasteiger partial charge in [0.25, 0.3) is 15.9 Å². The number of carbonyl (C=O) groups is 1. The first-order chi connectivity index (χ1) is 13.9. The van der Waals surface area contributed by atoms with Gasteiger partial charge in [0.05, 0.1) is 17.7 Å². The Bertz CT molecular complexity index is 1110. The van der Waals surface area contributed by atoms with Gasteiger partial charge in [-0.25, -0.2) is 8.42 Å². The van der Waals surface area contributed by atoms with Crippen LogP contribution in [-0.4, -0.2) is 21.4 Å². The topological polar surface area (TPSA) is 84.5 Å². The highest BCUT2D eigenvalue weighted by Crippen LogP contribution is 2.26. The van der Waals surface area contributed by atoms with Gasteiger partial charge in [-0.05, 0) is 42.8 Å². The number of benzene rings is 3. The molecule has 6 nitrogen and oxygen atoms in total. The van der Waals surface area contributed by atoms with Crippen molar-refractivity contribution in [2.75, 3.05) is 11.8 Å². The van der Waals surface area contributed by atoms with E-state index in [2.05, 4.69) is 10.0 Å². The van der Waals surface area contributed by atoms with Crippen LogP contribution in [0.25, 0.3) is 0 Å². The first-order valence-electron chi connectivity index (χ1n) is 8.99. The molecule has 0 aliphatic rings. The van der Waals surface area contributed by atoms with E-state index in [4.69, 9.17) is 4.74 Å². The lowest BCUT2D eigenvalue weighted by Crippen LogP contribution is -2.23. The molecule has 3 rings (SSSR count). The molecular weight excluding hydrogens is 388 g/mol.